The molecule has 0 bridgehead atoms. The maximum Gasteiger partial charge on any atom is 0.387 e. The minimum atomic E-state index is -3.03. The van der Waals surface area contributed by atoms with Crippen LogP contribution in [0, 0.1) is 0 Å². The Bertz CT molecular complexity index is 791. The molecule has 2 aromatic rings. The molecule has 0 saturated carbocycles. The molecule has 0 aliphatic rings. The lowest BCUT2D eigenvalue weighted by Gasteiger charge is -2.12. The Hall–Kier alpha value is -2.60. The van der Waals surface area contributed by atoms with E-state index in [2.05, 4.69) is 4.74 Å². The minimum Gasteiger partial charge on any atom is -0.497 e. The maximum absolute atomic E-state index is 12.4. The number of hydrogen-bond donors (Lipinski definition) is 0. The Morgan fingerprint density at radius 3 is 2.56 bits per heavy atom. The zero-order valence-electron chi connectivity index (χ0n) is 13.5. The molecule has 0 saturated heterocycles. The summed E-state index contributed by atoms with van der Waals surface area (Å²) in [6.07, 6.45) is 2.84. The van der Waals surface area contributed by atoms with Gasteiger partial charge in [0.2, 0.25) is 0 Å². The number of ether oxygens (including phenoxy) is 3. The molecule has 0 aromatic heterocycles. The topological polar surface area (TPSA) is 44.8 Å². The van der Waals surface area contributed by atoms with Gasteiger partial charge in [0, 0.05) is 5.56 Å². The molecule has 4 nitrogen and oxygen atoms in total. The van der Waals surface area contributed by atoms with Gasteiger partial charge >= 0.3 is 6.61 Å². The van der Waals surface area contributed by atoms with E-state index in [4.69, 9.17) is 21.1 Å². The number of benzene rings is 2. The summed E-state index contributed by atoms with van der Waals surface area (Å²) in [6.45, 7) is -3.03. The molecular weight excluding hydrogens is 354 g/mol. The first kappa shape index (κ1) is 18.7. The summed E-state index contributed by atoms with van der Waals surface area (Å²) >= 11 is 5.96. The number of carbonyl (C=O) groups is 1. The van der Waals surface area contributed by atoms with Crippen LogP contribution in [0.5, 0.6) is 17.2 Å². The van der Waals surface area contributed by atoms with Gasteiger partial charge in [-0.2, -0.15) is 8.78 Å². The van der Waals surface area contributed by atoms with Crippen LogP contribution in [-0.4, -0.2) is 26.6 Å². The van der Waals surface area contributed by atoms with Gasteiger partial charge in [0.05, 0.1) is 19.2 Å². The van der Waals surface area contributed by atoms with Crippen molar-refractivity contribution >= 4 is 23.5 Å². The van der Waals surface area contributed by atoms with Crippen molar-refractivity contribution < 1.29 is 27.8 Å². The standard InChI is InChI=1S/C18H15ClF2O4/c1-23-13-5-3-4-12(10-13)15(22)7-6-11-8-14(19)17(25-18(20)21)16(9-11)24-2/h3-10,18H,1-2H3/b7-6+. The molecule has 0 radical (unpaired) electrons. The zero-order chi connectivity index (χ0) is 18.4. The lowest BCUT2D eigenvalue weighted by Crippen LogP contribution is -2.04. The summed E-state index contributed by atoms with van der Waals surface area (Å²) in [5.41, 5.74) is 0.950. The molecule has 0 unspecified atom stereocenters. The Kier molecular flexibility index (Phi) is 6.36. The molecule has 0 aliphatic carbocycles. The van der Waals surface area contributed by atoms with Gasteiger partial charge in [0.1, 0.15) is 5.75 Å². The van der Waals surface area contributed by atoms with Crippen LogP contribution in [0.4, 0.5) is 8.78 Å². The molecule has 0 aliphatic heterocycles. The van der Waals surface area contributed by atoms with Gasteiger partial charge in [-0.1, -0.05) is 29.8 Å². The Labute approximate surface area is 148 Å². The number of methoxy groups -OCH3 is 2. The van der Waals surface area contributed by atoms with E-state index < -0.39 is 6.61 Å². The van der Waals surface area contributed by atoms with Gasteiger partial charge in [0.25, 0.3) is 0 Å². The van der Waals surface area contributed by atoms with E-state index in [0.29, 0.717) is 16.9 Å². The van der Waals surface area contributed by atoms with Gasteiger partial charge < -0.3 is 14.2 Å². The van der Waals surface area contributed by atoms with Crippen molar-refractivity contribution in [3.8, 4) is 17.2 Å². The lowest BCUT2D eigenvalue weighted by molar-refractivity contribution is -0.0511. The molecule has 0 amide bonds. The maximum atomic E-state index is 12.4. The van der Waals surface area contributed by atoms with Gasteiger partial charge in [0.15, 0.2) is 17.3 Å². The van der Waals surface area contributed by atoms with Gasteiger partial charge in [-0.05, 0) is 35.9 Å². The molecule has 0 atom stereocenters. The van der Waals surface area contributed by atoms with Crippen LogP contribution in [0.15, 0.2) is 42.5 Å². The molecule has 0 N–H and O–H groups in total. The van der Waals surface area contributed by atoms with Crippen molar-refractivity contribution in [2.45, 2.75) is 6.61 Å². The summed E-state index contributed by atoms with van der Waals surface area (Å²) in [4.78, 5) is 12.2. The van der Waals surface area contributed by atoms with Crippen molar-refractivity contribution in [2.75, 3.05) is 14.2 Å². The third-order valence-corrected chi connectivity index (χ3v) is 3.52. The first-order chi connectivity index (χ1) is 11.9. The number of allylic oxidation sites excluding steroid dienone is 1. The van der Waals surface area contributed by atoms with Gasteiger partial charge in [-0.15, -0.1) is 0 Å². The Balaban J connectivity index is 2.25. The molecule has 2 rings (SSSR count). The number of alkyl halides is 2. The molecule has 0 fully saturated rings. The highest BCUT2D eigenvalue weighted by atomic mass is 35.5. The fourth-order valence-corrected chi connectivity index (χ4v) is 2.35. The van der Waals surface area contributed by atoms with Crippen molar-refractivity contribution in [2.24, 2.45) is 0 Å². The molecular formula is C18H15ClF2O4. The number of rotatable bonds is 7. The average molecular weight is 369 g/mol. The highest BCUT2D eigenvalue weighted by Crippen LogP contribution is 2.37. The van der Waals surface area contributed by atoms with E-state index in [9.17, 15) is 13.6 Å². The van der Waals surface area contributed by atoms with Crippen molar-refractivity contribution in [1.82, 2.24) is 0 Å². The van der Waals surface area contributed by atoms with E-state index in [1.807, 2.05) is 0 Å². The number of halogens is 3. The van der Waals surface area contributed by atoms with Crippen molar-refractivity contribution in [1.29, 1.82) is 0 Å². The fraction of sp³-hybridized carbons (Fsp3) is 0.167. The Morgan fingerprint density at radius 2 is 1.92 bits per heavy atom. The van der Waals surface area contributed by atoms with Gasteiger partial charge in [-0.3, -0.25) is 4.79 Å². The molecule has 7 heteroatoms. The first-order valence-electron chi connectivity index (χ1n) is 7.13. The molecule has 0 heterocycles. The van der Waals surface area contributed by atoms with E-state index in [1.165, 1.54) is 38.5 Å². The summed E-state index contributed by atoms with van der Waals surface area (Å²) in [5, 5.41) is -0.0480. The highest BCUT2D eigenvalue weighted by molar-refractivity contribution is 6.32. The van der Waals surface area contributed by atoms with E-state index in [0.717, 1.165) is 0 Å². The van der Waals surface area contributed by atoms with Crippen LogP contribution in [-0.2, 0) is 0 Å². The highest BCUT2D eigenvalue weighted by Gasteiger charge is 2.15. The first-order valence-corrected chi connectivity index (χ1v) is 7.51. The summed E-state index contributed by atoms with van der Waals surface area (Å²) in [7, 11) is 2.82. The summed E-state index contributed by atoms with van der Waals surface area (Å²) in [5.74, 6) is 0.107. The predicted octanol–water partition coefficient (Wildman–Crippen LogP) is 4.85. The van der Waals surface area contributed by atoms with Gasteiger partial charge in [-0.25, -0.2) is 0 Å². The average Bonchev–Trinajstić information content (AvgIpc) is 2.61. The molecule has 132 valence electrons. The lowest BCUT2D eigenvalue weighted by atomic mass is 10.1. The van der Waals surface area contributed by atoms with E-state index in [1.54, 1.807) is 24.3 Å². The Morgan fingerprint density at radius 1 is 1.16 bits per heavy atom. The molecule has 0 spiro atoms. The largest absolute Gasteiger partial charge is 0.497 e. The fourth-order valence-electron chi connectivity index (χ4n) is 2.08. The van der Waals surface area contributed by atoms with Crippen LogP contribution in [0.25, 0.3) is 6.08 Å². The normalized spacial score (nSPS) is 11.0. The second-order valence-electron chi connectivity index (χ2n) is 4.84. The second kappa shape index (κ2) is 8.48. The van der Waals surface area contributed by atoms with Crippen LogP contribution in [0.3, 0.4) is 0 Å². The number of carbonyl (C=O) groups excluding carboxylic acids is 1. The zero-order valence-corrected chi connectivity index (χ0v) is 14.2. The second-order valence-corrected chi connectivity index (χ2v) is 5.25. The monoisotopic (exact) mass is 368 g/mol. The SMILES string of the molecule is COc1cccc(C(=O)/C=C/c2cc(Cl)c(OC(F)F)c(OC)c2)c1. The number of hydrogen-bond acceptors (Lipinski definition) is 4. The molecule has 2 aromatic carbocycles. The van der Waals surface area contributed by atoms with E-state index >= 15 is 0 Å². The third kappa shape index (κ3) is 4.93. The quantitative estimate of drug-likeness (QED) is 0.517. The molecule has 25 heavy (non-hydrogen) atoms. The number of ketones is 1. The smallest absolute Gasteiger partial charge is 0.387 e. The van der Waals surface area contributed by atoms with E-state index in [-0.39, 0.29) is 22.3 Å². The van der Waals surface area contributed by atoms with Crippen LogP contribution >= 0.6 is 11.6 Å². The summed E-state index contributed by atoms with van der Waals surface area (Å²) < 4.78 is 39.3. The minimum absolute atomic E-state index is 0.0429. The predicted molar refractivity (Wildman–Crippen MR) is 91.0 cm³/mol. The van der Waals surface area contributed by atoms with Crippen LogP contribution < -0.4 is 14.2 Å². The van der Waals surface area contributed by atoms with Crippen molar-refractivity contribution in [3.05, 3.63) is 58.6 Å². The summed E-state index contributed by atoms with van der Waals surface area (Å²) in [6, 6.07) is 9.54. The third-order valence-electron chi connectivity index (χ3n) is 3.24. The van der Waals surface area contributed by atoms with Crippen LogP contribution in [0.2, 0.25) is 5.02 Å². The van der Waals surface area contributed by atoms with Crippen molar-refractivity contribution in [3.63, 3.8) is 0 Å². The van der Waals surface area contributed by atoms with Crippen LogP contribution in [0.1, 0.15) is 15.9 Å².